The molecule has 0 bridgehead atoms. The highest BCUT2D eigenvalue weighted by atomic mass is 16.3. The second-order valence-corrected chi connectivity index (χ2v) is 9.71. The van der Waals surface area contributed by atoms with Crippen LogP contribution >= 0.6 is 0 Å². The Balaban J connectivity index is 1.33. The van der Waals surface area contributed by atoms with Crippen molar-refractivity contribution < 1.29 is 8.83 Å². The highest BCUT2D eigenvalue weighted by Crippen LogP contribution is 2.34. The van der Waals surface area contributed by atoms with E-state index < -0.39 is 0 Å². The molecule has 8 aromatic rings. The first-order chi connectivity index (χ1) is 19.8. The van der Waals surface area contributed by atoms with Gasteiger partial charge in [0.1, 0.15) is 16.7 Å². The van der Waals surface area contributed by atoms with Crippen LogP contribution in [0.3, 0.4) is 0 Å². The molecule has 0 fully saturated rings. The largest absolute Gasteiger partial charge is 0.456 e. The van der Waals surface area contributed by atoms with Gasteiger partial charge in [0.25, 0.3) is 0 Å². The number of rotatable bonds is 4. The number of benzene rings is 5. The molecule has 0 aliphatic carbocycles. The quantitative estimate of drug-likeness (QED) is 0.234. The number of hydrogen-bond donors (Lipinski definition) is 0. The second kappa shape index (κ2) is 9.03. The lowest BCUT2D eigenvalue weighted by atomic mass is 10.0. The summed E-state index contributed by atoms with van der Waals surface area (Å²) in [5.41, 5.74) is 6.47. The van der Waals surface area contributed by atoms with Crippen LogP contribution in [0.15, 0.2) is 136 Å². The van der Waals surface area contributed by atoms with Crippen molar-refractivity contribution in [2.24, 2.45) is 0 Å². The molecule has 0 radical (unpaired) electrons. The van der Waals surface area contributed by atoms with Gasteiger partial charge in [-0.15, -0.1) is 0 Å². The minimum atomic E-state index is 0.485. The SMILES string of the molecule is c1ccc(-c2cccc(-c3nc(-c4ccc5oc6ccccc6c5c4)nc(-c4cc5ccccc5o4)n3)c2)cc1. The van der Waals surface area contributed by atoms with Crippen LogP contribution in [0, 0.1) is 0 Å². The maximum Gasteiger partial charge on any atom is 0.199 e. The van der Waals surface area contributed by atoms with Crippen molar-refractivity contribution in [3.63, 3.8) is 0 Å². The van der Waals surface area contributed by atoms with Crippen molar-refractivity contribution >= 4 is 32.9 Å². The smallest absolute Gasteiger partial charge is 0.199 e. The van der Waals surface area contributed by atoms with E-state index in [4.69, 9.17) is 23.8 Å². The molecule has 188 valence electrons. The fourth-order valence-electron chi connectivity index (χ4n) is 5.17. The molecule has 3 aromatic heterocycles. The summed E-state index contributed by atoms with van der Waals surface area (Å²) in [4.78, 5) is 14.8. The molecule has 0 aliphatic heterocycles. The average molecular weight is 516 g/mol. The van der Waals surface area contributed by atoms with Gasteiger partial charge in [0.15, 0.2) is 23.2 Å². The Morgan fingerprint density at radius 1 is 0.375 bits per heavy atom. The number of nitrogens with zero attached hydrogens (tertiary/aromatic N) is 3. The van der Waals surface area contributed by atoms with Crippen molar-refractivity contribution in [2.45, 2.75) is 0 Å². The number of hydrogen-bond acceptors (Lipinski definition) is 5. The third kappa shape index (κ3) is 3.84. The van der Waals surface area contributed by atoms with E-state index in [1.165, 1.54) is 0 Å². The molecule has 5 aromatic carbocycles. The fraction of sp³-hybridized carbons (Fsp3) is 0. The van der Waals surface area contributed by atoms with E-state index in [9.17, 15) is 0 Å². The van der Waals surface area contributed by atoms with E-state index in [1.54, 1.807) is 0 Å². The normalized spacial score (nSPS) is 11.5. The Bertz CT molecular complexity index is 2140. The molecular weight excluding hydrogens is 494 g/mol. The molecule has 0 spiro atoms. The van der Waals surface area contributed by atoms with Gasteiger partial charge in [-0.05, 0) is 53.6 Å². The van der Waals surface area contributed by atoms with Gasteiger partial charge in [0, 0.05) is 27.3 Å². The highest BCUT2D eigenvalue weighted by Gasteiger charge is 2.17. The molecule has 0 aliphatic rings. The summed E-state index contributed by atoms with van der Waals surface area (Å²) >= 11 is 0. The van der Waals surface area contributed by atoms with Gasteiger partial charge >= 0.3 is 0 Å². The van der Waals surface area contributed by atoms with Crippen LogP contribution in [0.4, 0.5) is 0 Å². The van der Waals surface area contributed by atoms with Crippen molar-refractivity contribution in [1.29, 1.82) is 0 Å². The highest BCUT2D eigenvalue weighted by molar-refractivity contribution is 6.06. The van der Waals surface area contributed by atoms with Gasteiger partial charge in [0.2, 0.25) is 0 Å². The molecule has 8 rings (SSSR count). The monoisotopic (exact) mass is 515 g/mol. The molecule has 5 nitrogen and oxygen atoms in total. The van der Waals surface area contributed by atoms with Gasteiger partial charge in [-0.25, -0.2) is 15.0 Å². The number of fused-ring (bicyclic) bond motifs is 4. The van der Waals surface area contributed by atoms with E-state index >= 15 is 0 Å². The molecule has 0 amide bonds. The summed E-state index contributed by atoms with van der Waals surface area (Å²) in [5.74, 6) is 2.23. The van der Waals surface area contributed by atoms with Crippen molar-refractivity contribution in [3.8, 4) is 45.5 Å². The van der Waals surface area contributed by atoms with Crippen LogP contribution in [0.1, 0.15) is 0 Å². The van der Waals surface area contributed by atoms with Crippen LogP contribution in [0.25, 0.3) is 78.4 Å². The predicted octanol–water partition coefficient (Wildman–Crippen LogP) is 9.19. The summed E-state index contributed by atoms with van der Waals surface area (Å²) in [6, 6.07) is 42.6. The van der Waals surface area contributed by atoms with Crippen molar-refractivity contribution in [1.82, 2.24) is 15.0 Å². The molecule has 0 atom stereocenters. The topological polar surface area (TPSA) is 65.0 Å². The minimum Gasteiger partial charge on any atom is -0.456 e. The third-order valence-electron chi connectivity index (χ3n) is 7.14. The number of aromatic nitrogens is 3. The molecule has 0 N–H and O–H groups in total. The molecule has 5 heteroatoms. The maximum atomic E-state index is 6.18. The van der Waals surface area contributed by atoms with Gasteiger partial charge < -0.3 is 8.83 Å². The number of para-hydroxylation sites is 2. The van der Waals surface area contributed by atoms with Gasteiger partial charge in [-0.1, -0.05) is 84.9 Å². The Hall–Kier alpha value is -5.55. The van der Waals surface area contributed by atoms with E-state index in [1.807, 2.05) is 91.0 Å². The van der Waals surface area contributed by atoms with Crippen LogP contribution in [-0.4, -0.2) is 15.0 Å². The lowest BCUT2D eigenvalue weighted by Gasteiger charge is -2.09. The first-order valence-corrected chi connectivity index (χ1v) is 13.1. The predicted molar refractivity (Wildman–Crippen MR) is 159 cm³/mol. The van der Waals surface area contributed by atoms with Crippen LogP contribution in [0.2, 0.25) is 0 Å². The van der Waals surface area contributed by atoms with Crippen LogP contribution in [0.5, 0.6) is 0 Å². The van der Waals surface area contributed by atoms with Gasteiger partial charge in [-0.3, -0.25) is 0 Å². The second-order valence-electron chi connectivity index (χ2n) is 9.71. The van der Waals surface area contributed by atoms with E-state index in [0.717, 1.165) is 55.2 Å². The molecule has 0 unspecified atom stereocenters. The number of furan rings is 2. The lowest BCUT2D eigenvalue weighted by Crippen LogP contribution is -1.99. The summed E-state index contributed by atoms with van der Waals surface area (Å²) in [6.45, 7) is 0. The minimum absolute atomic E-state index is 0.485. The molecule has 3 heterocycles. The first-order valence-electron chi connectivity index (χ1n) is 13.1. The summed E-state index contributed by atoms with van der Waals surface area (Å²) in [5, 5.41) is 3.08. The molecule has 0 saturated carbocycles. The zero-order chi connectivity index (χ0) is 26.5. The summed E-state index contributed by atoms with van der Waals surface area (Å²) in [6.07, 6.45) is 0. The van der Waals surface area contributed by atoms with Crippen LogP contribution in [-0.2, 0) is 0 Å². The summed E-state index contributed by atoms with van der Waals surface area (Å²) in [7, 11) is 0. The van der Waals surface area contributed by atoms with Crippen molar-refractivity contribution in [2.75, 3.05) is 0 Å². The standard InChI is InChI=1S/C35H21N3O2/c1-2-9-22(10-3-1)23-12-8-13-25(19-23)33-36-34(38-35(37-33)32-21-24-11-4-6-15-29(24)39-32)26-17-18-31-28(20-26)27-14-5-7-16-30(27)40-31/h1-21H. The summed E-state index contributed by atoms with van der Waals surface area (Å²) < 4.78 is 12.2. The molecular formula is C35H21N3O2. The van der Waals surface area contributed by atoms with E-state index in [-0.39, 0.29) is 0 Å². The lowest BCUT2D eigenvalue weighted by molar-refractivity contribution is 0.625. The van der Waals surface area contributed by atoms with E-state index in [0.29, 0.717) is 23.2 Å². The van der Waals surface area contributed by atoms with E-state index in [2.05, 4.69) is 36.4 Å². The Kier molecular flexibility index (Phi) is 5.07. The molecule has 40 heavy (non-hydrogen) atoms. The Morgan fingerprint density at radius 3 is 1.88 bits per heavy atom. The van der Waals surface area contributed by atoms with Gasteiger partial charge in [-0.2, -0.15) is 0 Å². The van der Waals surface area contributed by atoms with Crippen molar-refractivity contribution in [3.05, 3.63) is 127 Å². The Morgan fingerprint density at radius 2 is 1.02 bits per heavy atom. The Labute approximate surface area is 229 Å². The average Bonchev–Trinajstić information content (AvgIpc) is 3.63. The van der Waals surface area contributed by atoms with Crippen LogP contribution < -0.4 is 0 Å². The maximum absolute atomic E-state index is 6.18. The fourth-order valence-corrected chi connectivity index (χ4v) is 5.17. The first kappa shape index (κ1) is 22.4. The molecule has 0 saturated heterocycles. The zero-order valence-electron chi connectivity index (χ0n) is 21.3. The third-order valence-corrected chi connectivity index (χ3v) is 7.14. The van der Waals surface area contributed by atoms with Gasteiger partial charge in [0.05, 0.1) is 0 Å². The zero-order valence-corrected chi connectivity index (χ0v) is 21.3.